The van der Waals surface area contributed by atoms with E-state index in [4.69, 9.17) is 24.5 Å². The summed E-state index contributed by atoms with van der Waals surface area (Å²) >= 11 is 0. The number of nitrogens with zero attached hydrogens (tertiary/aromatic N) is 2. The fourth-order valence-electron chi connectivity index (χ4n) is 7.37. The Bertz CT molecular complexity index is 2080. The second-order valence-corrected chi connectivity index (χ2v) is 13.4. The third-order valence-corrected chi connectivity index (χ3v) is 10.2. The Morgan fingerprint density at radius 2 is 1.69 bits per heavy atom. The van der Waals surface area contributed by atoms with Crippen molar-refractivity contribution in [2.75, 3.05) is 33.5 Å². The Kier molecular flexibility index (Phi) is 12.0. The lowest BCUT2D eigenvalue weighted by molar-refractivity contribution is -0.140. The molecule has 6 N–H and O–H groups in total. The van der Waals surface area contributed by atoms with Crippen LogP contribution in [0.5, 0.6) is 0 Å². The molecule has 5 heterocycles. The second kappa shape index (κ2) is 16.2. The van der Waals surface area contributed by atoms with E-state index in [0.29, 0.717) is 34.6 Å². The maximum absolute atomic E-state index is 14.1. The molecule has 8 bridgehead atoms. The van der Waals surface area contributed by atoms with Crippen molar-refractivity contribution in [3.05, 3.63) is 68.8 Å². The maximum Gasteiger partial charge on any atom is 0.310 e. The van der Waals surface area contributed by atoms with Crippen LogP contribution < -0.4 is 5.32 Å². The number of carbonyl (C=O) groups excluding carboxylic acids is 2. The van der Waals surface area contributed by atoms with Gasteiger partial charge in [-0.2, -0.15) is 0 Å². The highest BCUT2D eigenvalue weighted by molar-refractivity contribution is 6.27. The number of aliphatic hydroxyl groups excluding tert-OH is 2. The minimum Gasteiger partial charge on any atom is -0.481 e. The number of carboxylic acid groups (broad SMARTS) is 1. The van der Waals surface area contributed by atoms with Gasteiger partial charge in [-0.05, 0) is 81.0 Å². The van der Waals surface area contributed by atoms with Crippen LogP contribution in [0.15, 0.2) is 18.2 Å². The number of aliphatic carboxylic acids is 1. The minimum absolute atomic E-state index is 0.137. The summed E-state index contributed by atoms with van der Waals surface area (Å²) in [6.45, 7) is 11.9. The number of aromatic amines is 2. The molecule has 0 aliphatic carbocycles. The van der Waals surface area contributed by atoms with Crippen LogP contribution in [0.4, 0.5) is 0 Å². The zero-order valence-electron chi connectivity index (χ0n) is 30.9. The van der Waals surface area contributed by atoms with Crippen LogP contribution in [-0.4, -0.2) is 86.6 Å². The van der Waals surface area contributed by atoms with E-state index >= 15 is 0 Å². The minimum atomic E-state index is -0.964. The predicted octanol–water partition coefficient (Wildman–Crippen LogP) is 5.07. The summed E-state index contributed by atoms with van der Waals surface area (Å²) in [6, 6.07) is 5.81. The van der Waals surface area contributed by atoms with Gasteiger partial charge in [0.2, 0.25) is 0 Å². The molecule has 2 aliphatic rings. The summed E-state index contributed by atoms with van der Waals surface area (Å²) in [5, 5.41) is 32.6. The summed E-state index contributed by atoms with van der Waals surface area (Å²) in [4.78, 5) is 56.3. The van der Waals surface area contributed by atoms with E-state index in [-0.39, 0.29) is 62.8 Å². The van der Waals surface area contributed by atoms with Gasteiger partial charge in [-0.25, -0.2) is 4.98 Å². The normalized spacial score (nSPS) is 16.2. The number of rotatable bonds is 13. The number of hydrogen-bond donors (Lipinski definition) is 6. The molecular formula is C39H49N5O8. The molecule has 1 amide bonds. The number of methoxy groups -OCH3 is 1. The molecule has 3 aromatic heterocycles. The van der Waals surface area contributed by atoms with Crippen molar-refractivity contribution in [3.63, 3.8) is 0 Å². The summed E-state index contributed by atoms with van der Waals surface area (Å²) in [6.07, 6.45) is -0.229. The van der Waals surface area contributed by atoms with Crippen molar-refractivity contribution in [3.8, 4) is 0 Å². The molecule has 0 saturated carbocycles. The Balaban J connectivity index is 1.94. The molecule has 0 aromatic carbocycles. The third kappa shape index (κ3) is 7.67. The third-order valence-electron chi connectivity index (χ3n) is 10.2. The number of allylic oxidation sites excluding steroid dienone is 1. The number of fused-ring (bicyclic) bond motifs is 8. The smallest absolute Gasteiger partial charge is 0.310 e. The molecule has 5 rings (SSSR count). The van der Waals surface area contributed by atoms with Gasteiger partial charge in [0.1, 0.15) is 0 Å². The SMILES string of the molecule is CCc1c(C)c2cc3[nH]c(cc4nc(c(CC(=O)OC)c5nc(cc1[nH]2)C(C)=C5C(=O)NCCOCCO)C(CCC(=O)O)C4C)c(C)c3C(C)O. The van der Waals surface area contributed by atoms with E-state index in [1.807, 2.05) is 45.9 Å². The molecule has 52 heavy (non-hydrogen) atoms. The summed E-state index contributed by atoms with van der Waals surface area (Å²) < 4.78 is 10.5. The number of ether oxygens (including phenoxy) is 2. The van der Waals surface area contributed by atoms with Crippen LogP contribution in [0.25, 0.3) is 33.2 Å². The first-order chi connectivity index (χ1) is 24.8. The number of aliphatic hydroxyl groups is 2. The van der Waals surface area contributed by atoms with Gasteiger partial charge in [0.05, 0.1) is 62.1 Å². The zero-order valence-corrected chi connectivity index (χ0v) is 30.9. The predicted molar refractivity (Wildman–Crippen MR) is 198 cm³/mol. The number of carboxylic acids is 1. The molecule has 3 aromatic rings. The quantitative estimate of drug-likeness (QED) is 0.103. The van der Waals surface area contributed by atoms with Crippen molar-refractivity contribution in [1.82, 2.24) is 25.3 Å². The van der Waals surface area contributed by atoms with E-state index in [1.165, 1.54) is 7.11 Å². The summed E-state index contributed by atoms with van der Waals surface area (Å²) in [5.41, 5.74) is 9.97. The molecule has 2 aliphatic heterocycles. The molecule has 278 valence electrons. The number of esters is 1. The monoisotopic (exact) mass is 715 g/mol. The molecule has 0 saturated heterocycles. The van der Waals surface area contributed by atoms with Gasteiger partial charge in [-0.15, -0.1) is 0 Å². The van der Waals surface area contributed by atoms with E-state index in [2.05, 4.69) is 22.2 Å². The Morgan fingerprint density at radius 1 is 0.981 bits per heavy atom. The Labute approximate surface area is 302 Å². The molecule has 0 spiro atoms. The highest BCUT2D eigenvalue weighted by Crippen LogP contribution is 2.44. The first kappa shape index (κ1) is 38.4. The largest absolute Gasteiger partial charge is 0.481 e. The van der Waals surface area contributed by atoms with Crippen LogP contribution in [0, 0.1) is 13.8 Å². The van der Waals surface area contributed by atoms with Crippen LogP contribution in [0.3, 0.4) is 0 Å². The standard InChI is InChI=1S/C39H49N5O8/c1-8-24-19(2)27-18-32-35(23(6)46)21(4)29(42-32)16-28-20(3)25(9-10-33(47)48)37(43-28)26(15-34(49)51-7)38-36(39(50)40-11-13-52-14-12-45)22(5)30(44-38)17-31(24)41-27/h16-18,20,23,25,41-42,45-46H,8-15H2,1-7H3,(H,40,50)(H,47,48). The van der Waals surface area contributed by atoms with Crippen molar-refractivity contribution < 1.29 is 39.2 Å². The van der Waals surface area contributed by atoms with Gasteiger partial charge in [-0.1, -0.05) is 13.8 Å². The number of carbonyl (C=O) groups is 3. The number of amides is 1. The molecule has 13 nitrogen and oxygen atoms in total. The van der Waals surface area contributed by atoms with Gasteiger partial charge in [0.25, 0.3) is 5.91 Å². The lowest BCUT2D eigenvalue weighted by Crippen LogP contribution is -2.29. The van der Waals surface area contributed by atoms with Crippen molar-refractivity contribution >= 4 is 51.1 Å². The molecule has 3 unspecified atom stereocenters. The molecule has 0 radical (unpaired) electrons. The number of H-pyrrole nitrogens is 2. The number of nitrogens with one attached hydrogen (secondary N) is 3. The average molecular weight is 716 g/mol. The Hall–Kier alpha value is -4.85. The van der Waals surface area contributed by atoms with E-state index in [1.54, 1.807) is 6.92 Å². The first-order valence-electron chi connectivity index (χ1n) is 17.7. The summed E-state index contributed by atoms with van der Waals surface area (Å²) in [7, 11) is 1.29. The van der Waals surface area contributed by atoms with Crippen molar-refractivity contribution in [1.29, 1.82) is 0 Å². The van der Waals surface area contributed by atoms with Crippen LogP contribution in [-0.2, 0) is 36.7 Å². The maximum atomic E-state index is 14.1. The number of aryl methyl sites for hydroxylation is 3. The summed E-state index contributed by atoms with van der Waals surface area (Å²) in [5.74, 6) is -2.66. The zero-order chi connectivity index (χ0) is 37.9. The lowest BCUT2D eigenvalue weighted by Gasteiger charge is -2.18. The van der Waals surface area contributed by atoms with E-state index < -0.39 is 29.9 Å². The second-order valence-electron chi connectivity index (χ2n) is 13.4. The number of aromatic nitrogens is 4. The van der Waals surface area contributed by atoms with Crippen molar-refractivity contribution in [2.45, 2.75) is 85.2 Å². The highest BCUT2D eigenvalue weighted by Gasteiger charge is 2.35. The highest BCUT2D eigenvalue weighted by atomic mass is 16.5. The van der Waals surface area contributed by atoms with Crippen LogP contribution in [0.1, 0.15) is 109 Å². The fraction of sp³-hybridized carbons (Fsp3) is 0.462. The number of hydrogen-bond acceptors (Lipinski definition) is 9. The van der Waals surface area contributed by atoms with Gasteiger partial charge in [-0.3, -0.25) is 19.4 Å². The van der Waals surface area contributed by atoms with E-state index in [0.717, 1.165) is 44.3 Å². The van der Waals surface area contributed by atoms with Gasteiger partial charge < -0.3 is 40.1 Å². The van der Waals surface area contributed by atoms with Gasteiger partial charge in [0.15, 0.2) is 0 Å². The lowest BCUT2D eigenvalue weighted by atomic mass is 9.84. The van der Waals surface area contributed by atoms with Crippen LogP contribution >= 0.6 is 0 Å². The van der Waals surface area contributed by atoms with Crippen LogP contribution in [0.2, 0.25) is 0 Å². The molecule has 13 heteroatoms. The molecule has 0 fully saturated rings. The first-order valence-corrected chi connectivity index (χ1v) is 17.7. The topological polar surface area (TPSA) is 200 Å². The fourth-order valence-corrected chi connectivity index (χ4v) is 7.37. The van der Waals surface area contributed by atoms with Crippen molar-refractivity contribution in [2.24, 2.45) is 0 Å². The Morgan fingerprint density at radius 3 is 2.35 bits per heavy atom. The molecule has 3 atom stereocenters. The molecular weight excluding hydrogens is 666 g/mol. The van der Waals surface area contributed by atoms with E-state index in [9.17, 15) is 24.6 Å². The average Bonchev–Trinajstić information content (AvgIpc) is 3.78. The van der Waals surface area contributed by atoms with Gasteiger partial charge in [0, 0.05) is 63.7 Å². The van der Waals surface area contributed by atoms with Gasteiger partial charge >= 0.3 is 11.9 Å².